The molecule has 1 aliphatic carbocycles. The first-order valence-corrected chi connectivity index (χ1v) is 11.5. The second-order valence-electron chi connectivity index (χ2n) is 8.91. The zero-order chi connectivity index (χ0) is 24.5. The number of rotatable bonds is 8. The van der Waals surface area contributed by atoms with Crippen LogP contribution in [-0.2, 0) is 6.54 Å². The zero-order valence-electron chi connectivity index (χ0n) is 19.5. The molecular formula is C26H25FN6O2. The van der Waals surface area contributed by atoms with Crippen LogP contribution < -0.4 is 10.6 Å². The smallest absolute Gasteiger partial charge is 0.253 e. The number of benzene rings is 1. The van der Waals surface area contributed by atoms with Crippen LogP contribution >= 0.6 is 0 Å². The van der Waals surface area contributed by atoms with Crippen LogP contribution in [0.1, 0.15) is 56.8 Å². The molecule has 3 aromatic heterocycles. The third-order valence-corrected chi connectivity index (χ3v) is 6.31. The molecule has 0 radical (unpaired) electrons. The average Bonchev–Trinajstić information content (AvgIpc) is 3.60. The largest absolute Gasteiger partial charge is 0.346 e. The highest BCUT2D eigenvalue weighted by atomic mass is 19.1. The van der Waals surface area contributed by atoms with Crippen LogP contribution in [0, 0.1) is 25.6 Å². The summed E-state index contributed by atoms with van der Waals surface area (Å²) in [6.07, 6.45) is 7.33. The minimum Gasteiger partial charge on any atom is -0.346 e. The van der Waals surface area contributed by atoms with E-state index in [9.17, 15) is 14.0 Å². The molecular weight excluding hydrogens is 447 g/mol. The van der Waals surface area contributed by atoms with Crippen molar-refractivity contribution < 1.29 is 14.0 Å². The van der Waals surface area contributed by atoms with Gasteiger partial charge in [-0.05, 0) is 61.9 Å². The third kappa shape index (κ3) is 4.75. The molecule has 0 atom stereocenters. The van der Waals surface area contributed by atoms with Gasteiger partial charge >= 0.3 is 0 Å². The molecule has 1 fully saturated rings. The number of hydrogen-bond acceptors (Lipinski definition) is 6. The third-order valence-electron chi connectivity index (χ3n) is 6.31. The summed E-state index contributed by atoms with van der Waals surface area (Å²) in [7, 11) is 0. The lowest BCUT2D eigenvalue weighted by Gasteiger charge is -2.12. The van der Waals surface area contributed by atoms with Crippen molar-refractivity contribution in [3.63, 3.8) is 0 Å². The molecule has 35 heavy (non-hydrogen) atoms. The summed E-state index contributed by atoms with van der Waals surface area (Å²) >= 11 is 0. The first-order valence-electron chi connectivity index (χ1n) is 11.5. The topological polar surface area (TPSA) is 101 Å². The normalized spacial score (nSPS) is 13.1. The lowest BCUT2D eigenvalue weighted by Crippen LogP contribution is -2.24. The lowest BCUT2D eigenvalue weighted by atomic mass is 10.0. The molecule has 3 heterocycles. The number of Topliss-reactive ketones (excluding diaryl/α,β-unsaturated/α-hetero) is 1. The number of carbonyl (C=O) groups excluding carboxylic acids is 2. The van der Waals surface area contributed by atoms with Gasteiger partial charge in [0.2, 0.25) is 0 Å². The second kappa shape index (κ2) is 9.25. The van der Waals surface area contributed by atoms with E-state index in [0.29, 0.717) is 40.4 Å². The van der Waals surface area contributed by atoms with Gasteiger partial charge in [-0.3, -0.25) is 14.6 Å². The predicted molar refractivity (Wildman–Crippen MR) is 129 cm³/mol. The Morgan fingerprint density at radius 3 is 2.77 bits per heavy atom. The van der Waals surface area contributed by atoms with Crippen molar-refractivity contribution >= 4 is 28.7 Å². The second-order valence-corrected chi connectivity index (χ2v) is 8.91. The molecule has 4 aromatic rings. The molecule has 9 heteroatoms. The molecule has 2 N–H and O–H groups in total. The van der Waals surface area contributed by atoms with Crippen molar-refractivity contribution in [2.24, 2.45) is 5.92 Å². The van der Waals surface area contributed by atoms with Gasteiger partial charge in [0.1, 0.15) is 17.7 Å². The van der Waals surface area contributed by atoms with Crippen LogP contribution in [0.2, 0.25) is 0 Å². The summed E-state index contributed by atoms with van der Waals surface area (Å²) in [5, 5.41) is 10.3. The molecule has 1 aliphatic rings. The lowest BCUT2D eigenvalue weighted by molar-refractivity contribution is 0.0947. The van der Waals surface area contributed by atoms with E-state index in [1.807, 2.05) is 32.0 Å². The Kier molecular flexibility index (Phi) is 5.98. The molecule has 178 valence electrons. The fourth-order valence-electron chi connectivity index (χ4n) is 4.05. The number of ketones is 1. The number of amides is 1. The van der Waals surface area contributed by atoms with Gasteiger partial charge in [0, 0.05) is 30.1 Å². The van der Waals surface area contributed by atoms with Crippen LogP contribution in [0.4, 0.5) is 15.9 Å². The maximum Gasteiger partial charge on any atom is 0.253 e. The monoisotopic (exact) mass is 472 g/mol. The van der Waals surface area contributed by atoms with E-state index in [2.05, 4.69) is 25.7 Å². The molecule has 0 unspecified atom stereocenters. The summed E-state index contributed by atoms with van der Waals surface area (Å²) < 4.78 is 15.4. The Labute approximate surface area is 201 Å². The molecule has 5 rings (SSSR count). The van der Waals surface area contributed by atoms with E-state index in [-0.39, 0.29) is 23.9 Å². The number of halogens is 1. The summed E-state index contributed by atoms with van der Waals surface area (Å²) in [5.41, 5.74) is 4.27. The molecule has 0 aliphatic heterocycles. The molecule has 8 nitrogen and oxygen atoms in total. The number of aromatic nitrogens is 4. The highest BCUT2D eigenvalue weighted by Gasteiger charge is 2.25. The number of fused-ring (bicyclic) bond motifs is 1. The minimum absolute atomic E-state index is 0.0329. The van der Waals surface area contributed by atoms with Gasteiger partial charge in [0.15, 0.2) is 11.6 Å². The van der Waals surface area contributed by atoms with Crippen molar-refractivity contribution in [3.05, 3.63) is 82.8 Å². The molecule has 0 bridgehead atoms. The standard InChI is InChI=1S/C26H25FN6O2/c1-15-5-8-18(23(34)10-17-6-7-17)11-21(15)32-25-24-16(2)19(13-33(24)31-14-30-25)26(35)29-12-22-20(27)4-3-9-28-22/h3-5,8-9,11,13-14,17H,6-7,10,12H2,1-2H3,(H,29,35)(H,30,31,32). The number of pyridine rings is 1. The van der Waals surface area contributed by atoms with E-state index >= 15 is 0 Å². The number of nitrogens with one attached hydrogen (secondary N) is 2. The van der Waals surface area contributed by atoms with Gasteiger partial charge in [0.25, 0.3) is 5.91 Å². The Morgan fingerprint density at radius 2 is 2.00 bits per heavy atom. The Balaban J connectivity index is 1.40. The first kappa shape index (κ1) is 22.6. The Morgan fingerprint density at radius 1 is 1.17 bits per heavy atom. The highest BCUT2D eigenvalue weighted by molar-refractivity contribution is 6.00. The van der Waals surface area contributed by atoms with Crippen LogP contribution in [0.25, 0.3) is 5.52 Å². The van der Waals surface area contributed by atoms with Gasteiger partial charge in [-0.2, -0.15) is 5.10 Å². The van der Waals surface area contributed by atoms with Gasteiger partial charge in [-0.1, -0.05) is 12.1 Å². The van der Waals surface area contributed by atoms with Crippen molar-refractivity contribution in [2.75, 3.05) is 5.32 Å². The number of carbonyl (C=O) groups is 2. The van der Waals surface area contributed by atoms with E-state index < -0.39 is 5.82 Å². The van der Waals surface area contributed by atoms with Crippen LogP contribution in [0.3, 0.4) is 0 Å². The number of nitrogens with zero attached hydrogens (tertiary/aromatic N) is 4. The zero-order valence-corrected chi connectivity index (χ0v) is 19.5. The Hall–Kier alpha value is -4.14. The number of anilines is 2. The van der Waals surface area contributed by atoms with Crippen molar-refractivity contribution in [3.8, 4) is 0 Å². The Bertz CT molecular complexity index is 1440. The van der Waals surface area contributed by atoms with Gasteiger partial charge in [0.05, 0.1) is 17.8 Å². The number of hydrogen-bond donors (Lipinski definition) is 2. The van der Waals surface area contributed by atoms with Crippen molar-refractivity contribution in [1.29, 1.82) is 0 Å². The SMILES string of the molecule is Cc1ccc(C(=O)CC2CC2)cc1Nc1ncnn2cc(C(=O)NCc3ncccc3F)c(C)c12. The van der Waals surface area contributed by atoms with Gasteiger partial charge in [-0.25, -0.2) is 13.9 Å². The molecule has 0 spiro atoms. The molecule has 1 aromatic carbocycles. The van der Waals surface area contributed by atoms with E-state index in [4.69, 9.17) is 0 Å². The van der Waals surface area contributed by atoms with Crippen LogP contribution in [0.5, 0.6) is 0 Å². The first-order chi connectivity index (χ1) is 16.9. The van der Waals surface area contributed by atoms with E-state index in [0.717, 1.165) is 24.1 Å². The van der Waals surface area contributed by atoms with Crippen LogP contribution in [-0.4, -0.2) is 31.3 Å². The summed E-state index contributed by atoms with van der Waals surface area (Å²) in [6.45, 7) is 3.73. The number of aryl methyl sites for hydroxylation is 2. The highest BCUT2D eigenvalue weighted by Crippen LogP contribution is 2.34. The van der Waals surface area contributed by atoms with Gasteiger partial charge in [-0.15, -0.1) is 0 Å². The van der Waals surface area contributed by atoms with Crippen molar-refractivity contribution in [2.45, 2.75) is 39.7 Å². The summed E-state index contributed by atoms with van der Waals surface area (Å²) in [5.74, 6) is 0.335. The van der Waals surface area contributed by atoms with E-state index in [1.165, 1.54) is 24.7 Å². The molecule has 1 saturated carbocycles. The fourth-order valence-corrected chi connectivity index (χ4v) is 4.05. The predicted octanol–water partition coefficient (Wildman–Crippen LogP) is 4.54. The quantitative estimate of drug-likeness (QED) is 0.365. The minimum atomic E-state index is -0.475. The fraction of sp³-hybridized carbons (Fsp3) is 0.269. The van der Waals surface area contributed by atoms with Gasteiger partial charge < -0.3 is 10.6 Å². The maximum atomic E-state index is 13.9. The molecule has 0 saturated heterocycles. The average molecular weight is 473 g/mol. The molecule has 1 amide bonds. The summed E-state index contributed by atoms with van der Waals surface area (Å²) in [6, 6.07) is 8.43. The summed E-state index contributed by atoms with van der Waals surface area (Å²) in [4.78, 5) is 33.8. The van der Waals surface area contributed by atoms with Crippen molar-refractivity contribution in [1.82, 2.24) is 24.9 Å². The van der Waals surface area contributed by atoms with Crippen LogP contribution in [0.15, 0.2) is 49.1 Å². The van der Waals surface area contributed by atoms with E-state index in [1.54, 1.807) is 10.7 Å². The maximum absolute atomic E-state index is 13.9.